The van der Waals surface area contributed by atoms with Crippen LogP contribution in [0, 0.1) is 6.57 Å². The van der Waals surface area contributed by atoms with Gasteiger partial charge in [-0.15, -0.1) is 0 Å². The summed E-state index contributed by atoms with van der Waals surface area (Å²) in [7, 11) is -1.31. The molecule has 0 radical (unpaired) electrons. The predicted molar refractivity (Wildman–Crippen MR) is 132 cm³/mol. The molecule has 0 aliphatic carbocycles. The van der Waals surface area contributed by atoms with Gasteiger partial charge in [0.05, 0.1) is 35.4 Å². The second-order valence-corrected chi connectivity index (χ2v) is 10.5. The molecule has 0 unspecified atom stereocenters. The van der Waals surface area contributed by atoms with Crippen LogP contribution in [0.25, 0.3) is 21.8 Å². The summed E-state index contributed by atoms with van der Waals surface area (Å²) < 4.78 is 26.6. The highest BCUT2D eigenvalue weighted by atomic mass is 35.5. The zero-order chi connectivity index (χ0) is 24.3. The Morgan fingerprint density at radius 1 is 1.26 bits per heavy atom. The Hall–Kier alpha value is -3.04. The largest absolute Gasteiger partial charge is 0.351 e. The lowest BCUT2D eigenvalue weighted by Gasteiger charge is -2.30. The van der Waals surface area contributed by atoms with Crippen LogP contribution in [0.15, 0.2) is 36.8 Å². The van der Waals surface area contributed by atoms with E-state index >= 15 is 0 Å². The maximum atomic E-state index is 11.7. The molecular weight excluding hydrogens is 476 g/mol. The summed E-state index contributed by atoms with van der Waals surface area (Å²) in [5.41, 5.74) is 3.23. The van der Waals surface area contributed by atoms with Gasteiger partial charge in [-0.1, -0.05) is 17.7 Å². The van der Waals surface area contributed by atoms with Crippen molar-refractivity contribution in [2.75, 3.05) is 31.7 Å². The zero-order valence-corrected chi connectivity index (χ0v) is 20.4. The first-order chi connectivity index (χ1) is 16.3. The molecule has 34 heavy (non-hydrogen) atoms. The van der Waals surface area contributed by atoms with Crippen molar-refractivity contribution in [3.63, 3.8) is 0 Å². The fourth-order valence-corrected chi connectivity index (χ4v) is 5.04. The van der Waals surface area contributed by atoms with Crippen molar-refractivity contribution < 1.29 is 8.42 Å². The van der Waals surface area contributed by atoms with Gasteiger partial charge in [0.2, 0.25) is 21.7 Å². The number of hydrogen-bond acceptors (Lipinski definition) is 7. The van der Waals surface area contributed by atoms with Gasteiger partial charge >= 0.3 is 0 Å². The van der Waals surface area contributed by atoms with E-state index in [1.54, 1.807) is 17.1 Å². The Balaban J connectivity index is 1.54. The Kier molecular flexibility index (Phi) is 7.13. The molecule has 2 aromatic heterocycles. The molecule has 0 saturated carbocycles. The summed E-state index contributed by atoms with van der Waals surface area (Å²) in [6, 6.07) is 5.81. The molecule has 0 amide bonds. The first kappa shape index (κ1) is 24.1. The summed E-state index contributed by atoms with van der Waals surface area (Å²) in [4.78, 5) is 12.4. The Morgan fingerprint density at radius 2 is 2.03 bits per heavy atom. The summed E-state index contributed by atoms with van der Waals surface area (Å²) in [6.45, 7) is 9.12. The first-order valence-corrected chi connectivity index (χ1v) is 13.0. The summed E-state index contributed by atoms with van der Waals surface area (Å²) in [5.74, 6) is 0.391. The number of sulfonamides is 1. The average Bonchev–Trinajstić information content (AvgIpc) is 3.29. The molecule has 0 bridgehead atoms. The summed E-state index contributed by atoms with van der Waals surface area (Å²) in [5, 5.41) is 11.4. The van der Waals surface area contributed by atoms with Gasteiger partial charge in [0, 0.05) is 43.6 Å². The zero-order valence-electron chi connectivity index (χ0n) is 18.9. The molecule has 1 aromatic carbocycles. The normalized spacial score (nSPS) is 15.2. The number of rotatable bonds is 7. The SMILES string of the molecule is [C-]#[N+]c1cnc(NC2CCN(S(C)(=O)=O)CC2)nc1-c1cnn(-c2ccc(CNC)cc2Cl)c1. The van der Waals surface area contributed by atoms with Gasteiger partial charge in [0.1, 0.15) is 0 Å². The van der Waals surface area contributed by atoms with Crippen molar-refractivity contribution in [3.05, 3.63) is 58.8 Å². The fourth-order valence-electron chi connectivity index (χ4n) is 3.88. The van der Waals surface area contributed by atoms with Crippen molar-refractivity contribution in [2.45, 2.75) is 25.4 Å². The topological polar surface area (TPSA) is 109 Å². The van der Waals surface area contributed by atoms with Crippen LogP contribution in [0.1, 0.15) is 18.4 Å². The second-order valence-electron chi connectivity index (χ2n) is 8.11. The predicted octanol–water partition coefficient (Wildman–Crippen LogP) is 3.09. The van der Waals surface area contributed by atoms with E-state index in [-0.39, 0.29) is 6.04 Å². The van der Waals surface area contributed by atoms with E-state index in [1.807, 2.05) is 25.2 Å². The molecule has 3 aromatic rings. The number of piperidine rings is 1. The number of nitrogens with one attached hydrogen (secondary N) is 2. The van der Waals surface area contributed by atoms with Gasteiger partial charge in [-0.3, -0.25) is 0 Å². The summed E-state index contributed by atoms with van der Waals surface area (Å²) in [6.07, 6.45) is 7.43. The third-order valence-corrected chi connectivity index (χ3v) is 7.25. The lowest BCUT2D eigenvalue weighted by Crippen LogP contribution is -2.42. The van der Waals surface area contributed by atoms with Crippen molar-refractivity contribution in [2.24, 2.45) is 0 Å². The van der Waals surface area contributed by atoms with E-state index in [2.05, 4.69) is 30.5 Å². The smallest absolute Gasteiger partial charge is 0.231 e. The minimum atomic E-state index is -3.18. The van der Waals surface area contributed by atoms with Crippen molar-refractivity contribution in [1.82, 2.24) is 29.4 Å². The molecule has 2 N–H and O–H groups in total. The van der Waals surface area contributed by atoms with Gasteiger partial charge < -0.3 is 10.6 Å². The van der Waals surface area contributed by atoms with Gasteiger partial charge in [-0.2, -0.15) is 5.10 Å². The molecule has 3 heterocycles. The third-order valence-electron chi connectivity index (χ3n) is 5.64. The van der Waals surface area contributed by atoms with E-state index in [1.165, 1.54) is 16.8 Å². The molecular formula is C22H25ClN8O2S. The minimum Gasteiger partial charge on any atom is -0.351 e. The molecule has 1 fully saturated rings. The molecule has 0 spiro atoms. The molecule has 178 valence electrons. The van der Waals surface area contributed by atoms with Crippen LogP contribution < -0.4 is 10.6 Å². The van der Waals surface area contributed by atoms with Crippen LogP contribution in [-0.2, 0) is 16.6 Å². The molecule has 12 heteroatoms. The van der Waals surface area contributed by atoms with Gasteiger partial charge in [-0.05, 0) is 37.6 Å². The van der Waals surface area contributed by atoms with Crippen LogP contribution in [-0.4, -0.2) is 64.9 Å². The van der Waals surface area contributed by atoms with E-state index < -0.39 is 10.0 Å². The first-order valence-electron chi connectivity index (χ1n) is 10.7. The van der Waals surface area contributed by atoms with Crippen LogP contribution in [0.4, 0.5) is 11.6 Å². The lowest BCUT2D eigenvalue weighted by molar-refractivity contribution is 0.331. The van der Waals surface area contributed by atoms with Crippen molar-refractivity contribution in [1.29, 1.82) is 0 Å². The van der Waals surface area contributed by atoms with E-state index in [0.717, 1.165) is 11.3 Å². The van der Waals surface area contributed by atoms with Gasteiger partial charge in [0.25, 0.3) is 0 Å². The Bertz CT molecular complexity index is 1330. The number of aromatic nitrogens is 4. The molecule has 0 atom stereocenters. The fraction of sp³-hybridized carbons (Fsp3) is 0.364. The van der Waals surface area contributed by atoms with Crippen LogP contribution in [0.5, 0.6) is 0 Å². The highest BCUT2D eigenvalue weighted by Crippen LogP contribution is 2.30. The summed E-state index contributed by atoms with van der Waals surface area (Å²) >= 11 is 6.47. The third kappa shape index (κ3) is 5.37. The van der Waals surface area contributed by atoms with Crippen molar-refractivity contribution >= 4 is 33.3 Å². The molecule has 1 aliphatic rings. The second kappa shape index (κ2) is 10.1. The quantitative estimate of drug-likeness (QED) is 0.480. The monoisotopic (exact) mass is 500 g/mol. The average molecular weight is 501 g/mol. The molecule has 1 aliphatic heterocycles. The molecule has 4 rings (SSSR count). The number of hydrogen-bond donors (Lipinski definition) is 2. The maximum absolute atomic E-state index is 11.7. The lowest BCUT2D eigenvalue weighted by atomic mass is 10.1. The van der Waals surface area contributed by atoms with E-state index in [9.17, 15) is 8.42 Å². The highest BCUT2D eigenvalue weighted by Gasteiger charge is 2.25. The van der Waals surface area contributed by atoms with Crippen LogP contribution in [0.2, 0.25) is 5.02 Å². The van der Waals surface area contributed by atoms with Crippen LogP contribution in [0.3, 0.4) is 0 Å². The number of halogens is 1. The van der Waals surface area contributed by atoms with Gasteiger partial charge in [-0.25, -0.2) is 32.2 Å². The van der Waals surface area contributed by atoms with Gasteiger partial charge in [0.15, 0.2) is 0 Å². The minimum absolute atomic E-state index is 0.0438. The molecule has 1 saturated heterocycles. The Morgan fingerprint density at radius 3 is 2.68 bits per heavy atom. The van der Waals surface area contributed by atoms with E-state index in [0.29, 0.717) is 60.4 Å². The van der Waals surface area contributed by atoms with Crippen LogP contribution >= 0.6 is 11.6 Å². The van der Waals surface area contributed by atoms with Crippen molar-refractivity contribution in [3.8, 4) is 16.9 Å². The highest BCUT2D eigenvalue weighted by molar-refractivity contribution is 7.88. The number of nitrogens with zero attached hydrogens (tertiary/aromatic N) is 6. The molecule has 10 nitrogen and oxygen atoms in total. The maximum Gasteiger partial charge on any atom is 0.231 e. The number of anilines is 1. The number of benzene rings is 1. The Labute approximate surface area is 203 Å². The standard InChI is InChI=1S/C22H25ClN8O2S/c1-24-11-15-4-5-20(18(23)10-15)31-14-16(12-27-31)21-19(25-2)13-26-22(29-21)28-17-6-8-30(9-7-17)34(3,32)33/h4-5,10,12-14,17,24H,6-9,11H2,1,3H3,(H,26,28,29). The van der Waals surface area contributed by atoms with E-state index in [4.69, 9.17) is 18.2 Å².